The van der Waals surface area contributed by atoms with E-state index in [1.54, 1.807) is 0 Å². The van der Waals surface area contributed by atoms with Crippen LogP contribution >= 0.6 is 0 Å². The van der Waals surface area contributed by atoms with Crippen LogP contribution in [0.3, 0.4) is 0 Å². The van der Waals surface area contributed by atoms with Crippen LogP contribution in [-0.4, -0.2) is 15.6 Å². The maximum Gasteiger partial charge on any atom is 0.323 e. The van der Waals surface area contributed by atoms with E-state index in [-0.39, 0.29) is 6.54 Å². The summed E-state index contributed by atoms with van der Waals surface area (Å²) in [7, 11) is 0. The Morgan fingerprint density at radius 3 is 2.63 bits per heavy atom. The molecule has 1 aliphatic carbocycles. The third-order valence-electron chi connectivity index (χ3n) is 3.77. The lowest BCUT2D eigenvalue weighted by atomic mass is 9.98. The van der Waals surface area contributed by atoms with Crippen molar-refractivity contribution in [2.75, 3.05) is 0 Å². The summed E-state index contributed by atoms with van der Waals surface area (Å²) >= 11 is 0. The number of benzene rings is 1. The Kier molecular flexibility index (Phi) is 3.11. The molecule has 0 spiro atoms. The molecule has 0 radical (unpaired) electrons. The van der Waals surface area contributed by atoms with Crippen molar-refractivity contribution in [2.45, 2.75) is 32.2 Å². The molecule has 0 saturated heterocycles. The zero-order valence-corrected chi connectivity index (χ0v) is 10.8. The van der Waals surface area contributed by atoms with Crippen LogP contribution in [0, 0.1) is 0 Å². The van der Waals surface area contributed by atoms with Crippen LogP contribution in [0.25, 0.3) is 11.3 Å². The minimum atomic E-state index is -0.777. The molecule has 98 valence electrons. The minimum absolute atomic E-state index is 0.0551. The lowest BCUT2D eigenvalue weighted by Gasteiger charge is -2.15. The van der Waals surface area contributed by atoms with Crippen molar-refractivity contribution in [3.05, 3.63) is 47.7 Å². The van der Waals surface area contributed by atoms with Gasteiger partial charge in [0.25, 0.3) is 0 Å². The highest BCUT2D eigenvalue weighted by molar-refractivity contribution is 5.70. The number of aryl methyl sites for hydroxylation is 1. The van der Waals surface area contributed by atoms with Crippen LogP contribution in [-0.2, 0) is 24.2 Å². The van der Waals surface area contributed by atoms with E-state index in [0.717, 1.165) is 30.5 Å². The van der Waals surface area contributed by atoms with Gasteiger partial charge in [-0.1, -0.05) is 30.3 Å². The van der Waals surface area contributed by atoms with E-state index < -0.39 is 5.97 Å². The van der Waals surface area contributed by atoms with Gasteiger partial charge in [-0.3, -0.25) is 4.79 Å². The second-order valence-corrected chi connectivity index (χ2v) is 5.05. The molecule has 0 unspecified atom stereocenters. The predicted molar refractivity (Wildman–Crippen MR) is 74.1 cm³/mol. The number of carbonyl (C=O) groups is 1. The highest BCUT2D eigenvalue weighted by atomic mass is 16.4. The van der Waals surface area contributed by atoms with E-state index in [1.165, 1.54) is 17.7 Å². The summed E-state index contributed by atoms with van der Waals surface area (Å²) in [4.78, 5) is 11.1. The Labute approximate surface area is 112 Å². The van der Waals surface area contributed by atoms with E-state index >= 15 is 0 Å². The molecule has 3 rings (SSSR count). The molecule has 0 aliphatic heterocycles. The lowest BCUT2D eigenvalue weighted by molar-refractivity contribution is -0.137. The van der Waals surface area contributed by atoms with Gasteiger partial charge in [0.1, 0.15) is 6.54 Å². The van der Waals surface area contributed by atoms with Crippen molar-refractivity contribution in [1.29, 1.82) is 0 Å². The quantitative estimate of drug-likeness (QED) is 0.915. The van der Waals surface area contributed by atoms with E-state index in [1.807, 2.05) is 34.9 Å². The lowest BCUT2D eigenvalue weighted by Crippen LogP contribution is -2.14. The first-order valence-electron chi connectivity index (χ1n) is 6.74. The monoisotopic (exact) mass is 255 g/mol. The van der Waals surface area contributed by atoms with Gasteiger partial charge in [0.05, 0.1) is 0 Å². The van der Waals surface area contributed by atoms with E-state index in [0.29, 0.717) is 0 Å². The van der Waals surface area contributed by atoms with Crippen molar-refractivity contribution in [3.63, 3.8) is 0 Å². The Morgan fingerprint density at radius 2 is 1.89 bits per heavy atom. The molecular weight excluding hydrogens is 238 g/mol. The van der Waals surface area contributed by atoms with Crippen molar-refractivity contribution in [3.8, 4) is 11.3 Å². The van der Waals surface area contributed by atoms with Crippen LogP contribution < -0.4 is 0 Å². The summed E-state index contributed by atoms with van der Waals surface area (Å²) in [5, 5.41) is 9.14. The van der Waals surface area contributed by atoms with Crippen molar-refractivity contribution < 1.29 is 9.90 Å². The van der Waals surface area contributed by atoms with Crippen LogP contribution in [0.4, 0.5) is 0 Å². The van der Waals surface area contributed by atoms with Gasteiger partial charge in [-0.25, -0.2) is 0 Å². The molecule has 1 aromatic heterocycles. The zero-order chi connectivity index (χ0) is 13.2. The fourth-order valence-electron chi connectivity index (χ4n) is 2.93. The third-order valence-corrected chi connectivity index (χ3v) is 3.77. The molecule has 1 heterocycles. The third kappa shape index (κ3) is 2.28. The number of rotatable bonds is 3. The number of aromatic nitrogens is 1. The second-order valence-electron chi connectivity index (χ2n) is 5.05. The SMILES string of the molecule is O=C(O)Cn1c(-c2ccccc2)cc2c1CCCC2. The summed E-state index contributed by atoms with van der Waals surface area (Å²) in [5.41, 5.74) is 4.67. The standard InChI is InChI=1S/C16H17NO2/c18-16(19)11-17-14-9-5-4-8-13(14)10-15(17)12-6-2-1-3-7-12/h1-3,6-7,10H,4-5,8-9,11H2,(H,18,19). The first-order valence-corrected chi connectivity index (χ1v) is 6.74. The molecule has 0 bridgehead atoms. The molecule has 0 saturated carbocycles. The van der Waals surface area contributed by atoms with Gasteiger partial charge >= 0.3 is 5.97 Å². The van der Waals surface area contributed by atoms with Crippen molar-refractivity contribution in [1.82, 2.24) is 4.57 Å². The maximum atomic E-state index is 11.1. The molecule has 0 fully saturated rings. The zero-order valence-electron chi connectivity index (χ0n) is 10.8. The fraction of sp³-hybridized carbons (Fsp3) is 0.312. The summed E-state index contributed by atoms with van der Waals surface area (Å²) in [5.74, 6) is -0.777. The maximum absolute atomic E-state index is 11.1. The van der Waals surface area contributed by atoms with Gasteiger partial charge in [-0.2, -0.15) is 0 Å². The average Bonchev–Trinajstić information content (AvgIpc) is 2.78. The second kappa shape index (κ2) is 4.92. The summed E-state index contributed by atoms with van der Waals surface area (Å²) in [6.07, 6.45) is 4.43. The fourth-order valence-corrected chi connectivity index (χ4v) is 2.93. The minimum Gasteiger partial charge on any atom is -0.480 e. The molecule has 0 amide bonds. The van der Waals surface area contributed by atoms with E-state index in [4.69, 9.17) is 5.11 Å². The number of aliphatic carboxylic acids is 1. The van der Waals surface area contributed by atoms with E-state index in [9.17, 15) is 4.79 Å². The van der Waals surface area contributed by atoms with Crippen molar-refractivity contribution in [2.24, 2.45) is 0 Å². The van der Waals surface area contributed by atoms with Crippen molar-refractivity contribution >= 4 is 5.97 Å². The molecule has 1 N–H and O–H groups in total. The van der Waals surface area contributed by atoms with Crippen LogP contribution in [0.2, 0.25) is 0 Å². The number of hydrogen-bond donors (Lipinski definition) is 1. The molecule has 1 aromatic carbocycles. The van der Waals surface area contributed by atoms with E-state index in [2.05, 4.69) is 6.07 Å². The van der Waals surface area contributed by atoms with Crippen LogP contribution in [0.15, 0.2) is 36.4 Å². The van der Waals surface area contributed by atoms with Crippen LogP contribution in [0.1, 0.15) is 24.1 Å². The normalized spacial score (nSPS) is 14.1. The smallest absolute Gasteiger partial charge is 0.323 e. The molecule has 3 nitrogen and oxygen atoms in total. The van der Waals surface area contributed by atoms with Gasteiger partial charge in [0, 0.05) is 11.4 Å². The molecule has 19 heavy (non-hydrogen) atoms. The topological polar surface area (TPSA) is 42.2 Å². The summed E-state index contributed by atoms with van der Waals surface area (Å²) < 4.78 is 1.98. The average molecular weight is 255 g/mol. The van der Waals surface area contributed by atoms with Gasteiger partial charge in [0.2, 0.25) is 0 Å². The Hall–Kier alpha value is -2.03. The Morgan fingerprint density at radius 1 is 1.16 bits per heavy atom. The summed E-state index contributed by atoms with van der Waals surface area (Å²) in [6.45, 7) is 0.0551. The largest absolute Gasteiger partial charge is 0.480 e. The molecule has 3 heteroatoms. The molecule has 0 atom stereocenters. The molecule has 2 aromatic rings. The van der Waals surface area contributed by atoms with Gasteiger partial charge in [-0.05, 0) is 42.9 Å². The first kappa shape index (κ1) is 12.0. The number of fused-ring (bicyclic) bond motifs is 1. The molecule has 1 aliphatic rings. The van der Waals surface area contributed by atoms with Crippen LogP contribution in [0.5, 0.6) is 0 Å². The van der Waals surface area contributed by atoms with Gasteiger partial charge < -0.3 is 9.67 Å². The first-order chi connectivity index (χ1) is 9.25. The Bertz CT molecular complexity index is 599. The Balaban J connectivity index is 2.12. The summed E-state index contributed by atoms with van der Waals surface area (Å²) in [6, 6.07) is 12.2. The number of carboxylic acids is 1. The number of nitrogens with zero attached hydrogens (tertiary/aromatic N) is 1. The predicted octanol–water partition coefficient (Wildman–Crippen LogP) is 3.12. The van der Waals surface area contributed by atoms with Gasteiger partial charge in [-0.15, -0.1) is 0 Å². The number of carboxylic acid groups (broad SMARTS) is 1. The number of hydrogen-bond acceptors (Lipinski definition) is 1. The highest BCUT2D eigenvalue weighted by Gasteiger charge is 2.20. The highest BCUT2D eigenvalue weighted by Crippen LogP contribution is 2.30. The van der Waals surface area contributed by atoms with Gasteiger partial charge in [0.15, 0.2) is 0 Å². The molecular formula is C16H17NO2.